The zero-order valence-corrected chi connectivity index (χ0v) is 9.61. The van der Waals surface area contributed by atoms with E-state index in [0.29, 0.717) is 0 Å². The van der Waals surface area contributed by atoms with Gasteiger partial charge in [0.2, 0.25) is 0 Å². The molecule has 1 aromatic heterocycles. The fourth-order valence-corrected chi connectivity index (χ4v) is 1.36. The molecule has 0 saturated heterocycles. The number of hydrogen-bond donors (Lipinski definition) is 1. The number of nitrogens with zero attached hydrogens (tertiary/aromatic N) is 2. The summed E-state index contributed by atoms with van der Waals surface area (Å²) >= 11 is 0. The molecule has 0 aliphatic rings. The molecule has 1 heterocycles. The Labute approximate surface area is 102 Å². The second-order valence-corrected chi connectivity index (χ2v) is 3.26. The average Bonchev–Trinajstić information content (AvgIpc) is 2.37. The van der Waals surface area contributed by atoms with E-state index in [1.165, 1.54) is 0 Å². The van der Waals surface area contributed by atoms with Crippen LogP contribution in [-0.4, -0.2) is 17.6 Å². The van der Waals surface area contributed by atoms with Gasteiger partial charge in [0.05, 0.1) is 23.4 Å². The third kappa shape index (κ3) is 2.78. The zero-order valence-electron chi connectivity index (χ0n) is 9.61. The lowest BCUT2D eigenvalue weighted by Gasteiger charge is -2.10. The van der Waals surface area contributed by atoms with Crippen molar-refractivity contribution in [2.75, 3.05) is 6.61 Å². The van der Waals surface area contributed by atoms with Crippen LogP contribution in [-0.2, 0) is 11.3 Å². The number of halogens is 2. The van der Waals surface area contributed by atoms with Gasteiger partial charge in [-0.15, -0.1) is 0 Å². The van der Waals surface area contributed by atoms with E-state index in [-0.39, 0.29) is 24.4 Å². The quantitative estimate of drug-likeness (QED) is 0.824. The van der Waals surface area contributed by atoms with Crippen LogP contribution in [0.15, 0.2) is 6.07 Å². The molecular weight excluding hydrogens is 244 g/mol. The Hall–Kier alpha value is -2.07. The molecule has 18 heavy (non-hydrogen) atoms. The van der Waals surface area contributed by atoms with Crippen LogP contribution in [0.5, 0.6) is 0 Å². The molecule has 0 fully saturated rings. The lowest BCUT2D eigenvalue weighted by molar-refractivity contribution is 0.0524. The number of hydrogen-bond acceptors (Lipinski definition) is 5. The smallest absolute Gasteiger partial charge is 0.340 e. The van der Waals surface area contributed by atoms with Crippen molar-refractivity contribution in [2.24, 2.45) is 5.73 Å². The average molecular weight is 255 g/mol. The number of ether oxygens (including phenoxy) is 1. The van der Waals surface area contributed by atoms with Crippen molar-refractivity contribution in [3.63, 3.8) is 0 Å². The number of alkyl halides is 2. The lowest BCUT2D eigenvalue weighted by atomic mass is 10.1. The summed E-state index contributed by atoms with van der Waals surface area (Å²) in [4.78, 5) is 15.2. The Bertz CT molecular complexity index is 498. The maximum Gasteiger partial charge on any atom is 0.340 e. The van der Waals surface area contributed by atoms with Crippen molar-refractivity contribution < 1.29 is 18.3 Å². The van der Waals surface area contributed by atoms with Gasteiger partial charge in [0, 0.05) is 6.54 Å². The molecule has 0 atom stereocenters. The lowest BCUT2D eigenvalue weighted by Crippen LogP contribution is -2.15. The number of nitrogens with two attached hydrogens (primary N) is 1. The van der Waals surface area contributed by atoms with Gasteiger partial charge in [-0.2, -0.15) is 5.26 Å². The van der Waals surface area contributed by atoms with E-state index in [1.54, 1.807) is 13.0 Å². The van der Waals surface area contributed by atoms with Crippen LogP contribution in [0.2, 0.25) is 0 Å². The second-order valence-electron chi connectivity index (χ2n) is 3.26. The van der Waals surface area contributed by atoms with Crippen molar-refractivity contribution in [2.45, 2.75) is 19.9 Å². The molecule has 0 amide bonds. The summed E-state index contributed by atoms with van der Waals surface area (Å²) in [5.41, 5.74) is 4.27. The highest BCUT2D eigenvalue weighted by atomic mass is 19.3. The molecule has 7 heteroatoms. The van der Waals surface area contributed by atoms with E-state index < -0.39 is 23.7 Å². The Balaban J connectivity index is 3.37. The van der Waals surface area contributed by atoms with E-state index in [4.69, 9.17) is 15.7 Å². The number of esters is 1. The molecule has 0 saturated carbocycles. The number of pyridine rings is 1. The third-order valence-corrected chi connectivity index (χ3v) is 2.16. The molecular formula is C11H11F2N3O2. The van der Waals surface area contributed by atoms with Gasteiger partial charge in [-0.25, -0.2) is 18.6 Å². The first kappa shape index (κ1) is 14.0. The number of carbonyl (C=O) groups excluding carboxylic acids is 1. The Kier molecular flexibility index (Phi) is 4.68. The summed E-state index contributed by atoms with van der Waals surface area (Å²) in [5.74, 6) is -0.781. The van der Waals surface area contributed by atoms with Gasteiger partial charge >= 0.3 is 5.97 Å². The fourth-order valence-electron chi connectivity index (χ4n) is 1.36. The summed E-state index contributed by atoms with van der Waals surface area (Å²) in [6.07, 6.45) is -2.90. The second kappa shape index (κ2) is 6.02. The first-order chi connectivity index (χ1) is 8.54. The van der Waals surface area contributed by atoms with Gasteiger partial charge in [-0.1, -0.05) is 0 Å². The molecule has 96 valence electrons. The predicted octanol–water partition coefficient (Wildman–Crippen LogP) is 1.53. The molecule has 1 rings (SSSR count). The Morgan fingerprint density at radius 3 is 2.78 bits per heavy atom. The summed E-state index contributed by atoms with van der Waals surface area (Å²) in [7, 11) is 0. The first-order valence-electron chi connectivity index (χ1n) is 5.14. The van der Waals surface area contributed by atoms with Gasteiger partial charge in [-0.3, -0.25) is 0 Å². The number of nitriles is 1. The minimum absolute atomic E-state index is 0.0643. The standard InChI is InChI=1S/C11H11F2N3O2/c1-2-18-11(17)7-3-6(10(12)13)8(4-14)16-9(7)5-15/h3,10H,2,5,15H2,1H3. The fraction of sp³-hybridized carbons (Fsp3) is 0.364. The van der Waals surface area contributed by atoms with Crippen LogP contribution in [0.25, 0.3) is 0 Å². The van der Waals surface area contributed by atoms with Crippen molar-refractivity contribution in [3.8, 4) is 6.07 Å². The number of aromatic nitrogens is 1. The highest BCUT2D eigenvalue weighted by molar-refractivity contribution is 5.91. The van der Waals surface area contributed by atoms with Crippen molar-refractivity contribution >= 4 is 5.97 Å². The molecule has 0 aliphatic carbocycles. The van der Waals surface area contributed by atoms with E-state index in [2.05, 4.69) is 4.98 Å². The van der Waals surface area contributed by atoms with Gasteiger partial charge in [-0.05, 0) is 13.0 Å². The van der Waals surface area contributed by atoms with Crippen LogP contribution < -0.4 is 5.73 Å². The van der Waals surface area contributed by atoms with E-state index in [1.807, 2.05) is 0 Å². The van der Waals surface area contributed by atoms with E-state index in [0.717, 1.165) is 6.07 Å². The maximum absolute atomic E-state index is 12.7. The van der Waals surface area contributed by atoms with Gasteiger partial charge < -0.3 is 10.5 Å². The van der Waals surface area contributed by atoms with Crippen LogP contribution in [0.1, 0.15) is 40.7 Å². The number of carbonyl (C=O) groups is 1. The molecule has 1 aromatic rings. The van der Waals surface area contributed by atoms with E-state index in [9.17, 15) is 13.6 Å². The van der Waals surface area contributed by atoms with E-state index >= 15 is 0 Å². The summed E-state index contributed by atoms with van der Waals surface area (Å²) in [5, 5.41) is 8.72. The SMILES string of the molecule is CCOC(=O)c1cc(C(F)F)c(C#N)nc1CN. The number of rotatable bonds is 4. The van der Waals surface area contributed by atoms with Crippen LogP contribution in [0, 0.1) is 11.3 Å². The van der Waals surface area contributed by atoms with Gasteiger partial charge in [0.15, 0.2) is 0 Å². The first-order valence-corrected chi connectivity index (χ1v) is 5.14. The Morgan fingerprint density at radius 1 is 1.67 bits per heavy atom. The summed E-state index contributed by atoms with van der Waals surface area (Å²) < 4.78 is 30.1. The van der Waals surface area contributed by atoms with Crippen molar-refractivity contribution in [1.82, 2.24) is 4.98 Å². The monoisotopic (exact) mass is 255 g/mol. The minimum Gasteiger partial charge on any atom is -0.462 e. The van der Waals surface area contributed by atoms with Crippen molar-refractivity contribution in [1.29, 1.82) is 5.26 Å². The van der Waals surface area contributed by atoms with Crippen LogP contribution in [0.3, 0.4) is 0 Å². The molecule has 0 aromatic carbocycles. The molecule has 0 unspecified atom stereocenters. The highest BCUT2D eigenvalue weighted by Crippen LogP contribution is 2.24. The summed E-state index contributed by atoms with van der Waals surface area (Å²) in [6, 6.07) is 2.46. The highest BCUT2D eigenvalue weighted by Gasteiger charge is 2.21. The van der Waals surface area contributed by atoms with Gasteiger partial charge in [0.1, 0.15) is 11.8 Å². The topological polar surface area (TPSA) is 89.0 Å². The summed E-state index contributed by atoms with van der Waals surface area (Å²) in [6.45, 7) is 1.55. The van der Waals surface area contributed by atoms with Crippen LogP contribution >= 0.6 is 0 Å². The maximum atomic E-state index is 12.7. The van der Waals surface area contributed by atoms with Crippen LogP contribution in [0.4, 0.5) is 8.78 Å². The minimum atomic E-state index is -2.90. The van der Waals surface area contributed by atoms with Crippen molar-refractivity contribution in [3.05, 3.63) is 28.6 Å². The molecule has 2 N–H and O–H groups in total. The predicted molar refractivity (Wildman–Crippen MR) is 57.8 cm³/mol. The Morgan fingerprint density at radius 2 is 2.33 bits per heavy atom. The molecule has 5 nitrogen and oxygen atoms in total. The molecule has 0 aliphatic heterocycles. The molecule has 0 bridgehead atoms. The zero-order chi connectivity index (χ0) is 13.7. The largest absolute Gasteiger partial charge is 0.462 e. The molecule has 0 spiro atoms. The van der Waals surface area contributed by atoms with Gasteiger partial charge in [0.25, 0.3) is 6.43 Å². The third-order valence-electron chi connectivity index (χ3n) is 2.16. The molecule has 0 radical (unpaired) electrons. The normalized spacial score (nSPS) is 10.2.